The van der Waals surface area contributed by atoms with E-state index >= 15 is 0 Å². The van der Waals surface area contributed by atoms with Gasteiger partial charge in [-0.3, -0.25) is 0 Å². The Morgan fingerprint density at radius 3 is 2.27 bits per heavy atom. The Labute approximate surface area is 131 Å². The van der Waals surface area contributed by atoms with Crippen molar-refractivity contribution in [3.8, 4) is 0 Å². The van der Waals surface area contributed by atoms with Gasteiger partial charge in [0.25, 0.3) is 0 Å². The van der Waals surface area contributed by atoms with E-state index in [1.54, 1.807) is 6.92 Å². The summed E-state index contributed by atoms with van der Waals surface area (Å²) >= 11 is 0. The van der Waals surface area contributed by atoms with Gasteiger partial charge in [0.1, 0.15) is 18.3 Å². The Hall–Kier alpha value is -0.280. The third-order valence-corrected chi connectivity index (χ3v) is 5.04. The van der Waals surface area contributed by atoms with Crippen molar-refractivity contribution in [2.75, 3.05) is 0 Å². The number of hydrogen-bond acceptors (Lipinski definition) is 7. The molecular formula is C15H29NO6. The normalized spacial score (nSPS) is 53.5. The van der Waals surface area contributed by atoms with Crippen LogP contribution in [0.15, 0.2) is 0 Å². The van der Waals surface area contributed by atoms with E-state index < -0.39 is 54.9 Å². The molecule has 0 aromatic carbocycles. The van der Waals surface area contributed by atoms with E-state index in [2.05, 4.69) is 0 Å². The Bertz CT molecular complexity index is 368. The fourth-order valence-corrected chi connectivity index (χ4v) is 3.39. The second-order valence-electron chi connectivity index (χ2n) is 6.75. The first-order chi connectivity index (χ1) is 10.3. The second kappa shape index (κ2) is 7.09. The van der Waals surface area contributed by atoms with Crippen molar-refractivity contribution in [1.29, 1.82) is 0 Å². The number of rotatable bonds is 3. The fourth-order valence-electron chi connectivity index (χ4n) is 3.39. The van der Waals surface area contributed by atoms with Gasteiger partial charge < -0.3 is 35.6 Å². The predicted octanol–water partition coefficient (Wildman–Crippen LogP) is -1.05. The van der Waals surface area contributed by atoms with Crippen LogP contribution >= 0.6 is 0 Å². The third kappa shape index (κ3) is 3.31. The lowest BCUT2D eigenvalue weighted by molar-refractivity contribution is -0.305. The highest BCUT2D eigenvalue weighted by molar-refractivity contribution is 4.95. The van der Waals surface area contributed by atoms with Gasteiger partial charge in [0.05, 0.1) is 18.3 Å². The molecule has 10 atom stereocenters. The Kier molecular flexibility index (Phi) is 5.82. The van der Waals surface area contributed by atoms with E-state index in [4.69, 9.17) is 15.2 Å². The van der Waals surface area contributed by atoms with Crippen LogP contribution in [0.1, 0.15) is 33.6 Å². The quantitative estimate of drug-likeness (QED) is 0.449. The van der Waals surface area contributed by atoms with Crippen molar-refractivity contribution >= 4 is 0 Å². The van der Waals surface area contributed by atoms with Crippen LogP contribution in [-0.2, 0) is 9.47 Å². The first kappa shape index (κ1) is 18.1. The lowest BCUT2D eigenvalue weighted by atomic mass is 9.80. The van der Waals surface area contributed by atoms with Gasteiger partial charge in [0.15, 0.2) is 6.29 Å². The first-order valence-corrected chi connectivity index (χ1v) is 8.06. The fraction of sp³-hybridized carbons (Fsp3) is 1.00. The van der Waals surface area contributed by atoms with Crippen LogP contribution in [0.3, 0.4) is 0 Å². The van der Waals surface area contributed by atoms with Crippen molar-refractivity contribution in [2.45, 2.75) is 82.6 Å². The average Bonchev–Trinajstić information content (AvgIpc) is 2.49. The molecule has 7 heteroatoms. The van der Waals surface area contributed by atoms with Crippen LogP contribution < -0.4 is 5.73 Å². The number of hydrogen-bond donors (Lipinski definition) is 5. The van der Waals surface area contributed by atoms with Gasteiger partial charge in [-0.25, -0.2) is 0 Å². The highest BCUT2D eigenvalue weighted by Crippen LogP contribution is 2.33. The lowest BCUT2D eigenvalue weighted by Gasteiger charge is -2.46. The largest absolute Gasteiger partial charge is 0.390 e. The third-order valence-electron chi connectivity index (χ3n) is 5.04. The van der Waals surface area contributed by atoms with E-state index in [1.165, 1.54) is 0 Å². The molecule has 10 unspecified atom stereocenters. The molecule has 1 saturated heterocycles. The van der Waals surface area contributed by atoms with Gasteiger partial charge in [-0.15, -0.1) is 0 Å². The maximum atomic E-state index is 10.2. The Morgan fingerprint density at radius 2 is 1.68 bits per heavy atom. The number of aliphatic hydroxyl groups excluding tert-OH is 4. The molecule has 130 valence electrons. The van der Waals surface area contributed by atoms with E-state index in [1.807, 2.05) is 13.8 Å². The van der Waals surface area contributed by atoms with E-state index in [0.717, 1.165) is 0 Å². The van der Waals surface area contributed by atoms with Crippen LogP contribution in [0.25, 0.3) is 0 Å². The molecule has 2 fully saturated rings. The minimum atomic E-state index is -1.10. The molecule has 1 aliphatic carbocycles. The molecular weight excluding hydrogens is 290 g/mol. The summed E-state index contributed by atoms with van der Waals surface area (Å²) in [6.07, 6.45) is -4.94. The minimum Gasteiger partial charge on any atom is -0.390 e. The molecule has 0 bridgehead atoms. The predicted molar refractivity (Wildman–Crippen MR) is 78.8 cm³/mol. The van der Waals surface area contributed by atoms with Gasteiger partial charge in [0, 0.05) is 12.0 Å². The number of ether oxygens (including phenoxy) is 2. The van der Waals surface area contributed by atoms with E-state index in [0.29, 0.717) is 12.8 Å². The molecule has 7 nitrogen and oxygen atoms in total. The molecule has 22 heavy (non-hydrogen) atoms. The molecule has 1 aliphatic heterocycles. The topological polar surface area (TPSA) is 125 Å². The summed E-state index contributed by atoms with van der Waals surface area (Å²) < 4.78 is 11.5. The van der Waals surface area contributed by atoms with Crippen molar-refractivity contribution in [1.82, 2.24) is 0 Å². The van der Waals surface area contributed by atoms with Crippen molar-refractivity contribution in [3.63, 3.8) is 0 Å². The molecule has 0 aromatic heterocycles. The maximum absolute atomic E-state index is 10.2. The van der Waals surface area contributed by atoms with Gasteiger partial charge in [-0.1, -0.05) is 20.8 Å². The Balaban J connectivity index is 2.08. The van der Waals surface area contributed by atoms with Crippen molar-refractivity contribution in [3.05, 3.63) is 0 Å². The zero-order valence-corrected chi connectivity index (χ0v) is 13.4. The number of aliphatic hydroxyl groups is 4. The first-order valence-electron chi connectivity index (χ1n) is 8.06. The van der Waals surface area contributed by atoms with Crippen LogP contribution in [0.4, 0.5) is 0 Å². The summed E-state index contributed by atoms with van der Waals surface area (Å²) in [6, 6.07) is -0.423. The van der Waals surface area contributed by atoms with Crippen molar-refractivity contribution < 1.29 is 29.9 Å². The average molecular weight is 319 g/mol. The van der Waals surface area contributed by atoms with Gasteiger partial charge >= 0.3 is 0 Å². The minimum absolute atomic E-state index is 0.106. The summed E-state index contributed by atoms with van der Waals surface area (Å²) in [7, 11) is 0. The second-order valence-corrected chi connectivity index (χ2v) is 6.75. The monoisotopic (exact) mass is 319 g/mol. The maximum Gasteiger partial charge on any atom is 0.163 e. The number of nitrogens with two attached hydrogens (primary N) is 1. The van der Waals surface area contributed by atoms with Crippen LogP contribution in [-0.4, -0.2) is 69.4 Å². The Morgan fingerprint density at radius 1 is 1.05 bits per heavy atom. The summed E-state index contributed by atoms with van der Waals surface area (Å²) in [5.41, 5.74) is 6.05. The SMILES string of the molecule is CCC1OC(OC2C(N)CC(C)C(O)C2O)C(C)C(O)C1O. The highest BCUT2D eigenvalue weighted by Gasteiger charge is 2.47. The molecule has 1 saturated carbocycles. The molecule has 2 aliphatic rings. The molecule has 6 N–H and O–H groups in total. The van der Waals surface area contributed by atoms with Crippen LogP contribution in [0.2, 0.25) is 0 Å². The zero-order valence-electron chi connectivity index (χ0n) is 13.4. The zero-order chi connectivity index (χ0) is 16.6. The van der Waals surface area contributed by atoms with Crippen molar-refractivity contribution in [2.24, 2.45) is 17.6 Å². The molecule has 0 radical (unpaired) electrons. The molecule has 0 amide bonds. The van der Waals surface area contributed by atoms with Crippen LogP contribution in [0.5, 0.6) is 0 Å². The molecule has 0 aromatic rings. The summed E-state index contributed by atoms with van der Waals surface area (Å²) in [4.78, 5) is 0. The van der Waals surface area contributed by atoms with Gasteiger partial charge in [0.2, 0.25) is 0 Å². The molecule has 1 heterocycles. The van der Waals surface area contributed by atoms with E-state index in [-0.39, 0.29) is 5.92 Å². The van der Waals surface area contributed by atoms with Gasteiger partial charge in [-0.2, -0.15) is 0 Å². The lowest BCUT2D eigenvalue weighted by Crippen LogP contribution is -2.61. The van der Waals surface area contributed by atoms with E-state index in [9.17, 15) is 20.4 Å². The summed E-state index contributed by atoms with van der Waals surface area (Å²) in [6.45, 7) is 5.39. The standard InChI is InChI=1S/C15H29NO6/c1-4-9-12(19)11(18)7(3)15(21-9)22-14-8(16)5-6(2)10(17)13(14)20/h6-15,17-20H,4-5,16H2,1-3H3. The summed E-state index contributed by atoms with van der Waals surface area (Å²) in [5, 5.41) is 40.3. The van der Waals surface area contributed by atoms with Crippen LogP contribution in [0, 0.1) is 11.8 Å². The smallest absolute Gasteiger partial charge is 0.163 e. The molecule has 0 spiro atoms. The van der Waals surface area contributed by atoms with Gasteiger partial charge in [-0.05, 0) is 18.8 Å². The highest BCUT2D eigenvalue weighted by atomic mass is 16.7. The molecule has 2 rings (SSSR count). The summed E-state index contributed by atoms with van der Waals surface area (Å²) in [5.74, 6) is -0.570.